The predicted octanol–water partition coefficient (Wildman–Crippen LogP) is 1.80. The first-order valence-corrected chi connectivity index (χ1v) is 6.76. The van der Waals surface area contributed by atoms with E-state index in [1.165, 1.54) is 0 Å². The quantitative estimate of drug-likeness (QED) is 0.786. The average molecular weight is 279 g/mol. The van der Waals surface area contributed by atoms with E-state index in [4.69, 9.17) is 11.6 Å². The minimum absolute atomic E-state index is 0.0283. The van der Waals surface area contributed by atoms with Crippen LogP contribution in [0.3, 0.4) is 0 Å². The molecule has 0 spiro atoms. The van der Waals surface area contributed by atoms with E-state index in [0.717, 1.165) is 11.1 Å². The van der Waals surface area contributed by atoms with Crippen molar-refractivity contribution in [3.05, 3.63) is 34.3 Å². The SMILES string of the molecule is CN1C(=O)CCC1C(=O)N1Cc2cccc(Cl)c2C1. The molecule has 2 aliphatic rings. The summed E-state index contributed by atoms with van der Waals surface area (Å²) < 4.78 is 0. The molecule has 1 fully saturated rings. The summed E-state index contributed by atoms with van der Waals surface area (Å²) in [7, 11) is 1.70. The Hall–Kier alpha value is -1.55. The second-order valence-electron chi connectivity index (χ2n) is 5.13. The molecular weight excluding hydrogens is 264 g/mol. The van der Waals surface area contributed by atoms with Crippen LogP contribution in [0.1, 0.15) is 24.0 Å². The molecule has 0 N–H and O–H groups in total. The van der Waals surface area contributed by atoms with E-state index in [2.05, 4.69) is 0 Å². The van der Waals surface area contributed by atoms with Crippen molar-refractivity contribution in [3.63, 3.8) is 0 Å². The van der Waals surface area contributed by atoms with Crippen molar-refractivity contribution < 1.29 is 9.59 Å². The molecule has 1 saturated heterocycles. The lowest BCUT2D eigenvalue weighted by molar-refractivity contribution is -0.140. The minimum atomic E-state index is -0.305. The third-order valence-electron chi connectivity index (χ3n) is 4.02. The Labute approximate surface area is 116 Å². The van der Waals surface area contributed by atoms with E-state index in [9.17, 15) is 9.59 Å². The maximum atomic E-state index is 12.5. The number of hydrogen-bond acceptors (Lipinski definition) is 2. The van der Waals surface area contributed by atoms with Crippen molar-refractivity contribution in [3.8, 4) is 0 Å². The van der Waals surface area contributed by atoms with Crippen LogP contribution in [0.25, 0.3) is 0 Å². The van der Waals surface area contributed by atoms with Crippen molar-refractivity contribution in [2.75, 3.05) is 7.05 Å². The summed E-state index contributed by atoms with van der Waals surface area (Å²) in [5.74, 6) is 0.0775. The fourth-order valence-electron chi connectivity index (χ4n) is 2.84. The second kappa shape index (κ2) is 4.53. The molecule has 0 bridgehead atoms. The van der Waals surface area contributed by atoms with Gasteiger partial charge in [0.2, 0.25) is 11.8 Å². The number of carbonyl (C=O) groups is 2. The Morgan fingerprint density at radius 1 is 1.37 bits per heavy atom. The average Bonchev–Trinajstić information content (AvgIpc) is 2.95. The van der Waals surface area contributed by atoms with Gasteiger partial charge in [-0.05, 0) is 23.6 Å². The van der Waals surface area contributed by atoms with Gasteiger partial charge in [0, 0.05) is 31.6 Å². The summed E-state index contributed by atoms with van der Waals surface area (Å²) in [5, 5.41) is 0.712. The zero-order valence-corrected chi connectivity index (χ0v) is 11.5. The maximum Gasteiger partial charge on any atom is 0.245 e. The summed E-state index contributed by atoms with van der Waals surface area (Å²) in [6.07, 6.45) is 1.09. The van der Waals surface area contributed by atoms with E-state index < -0.39 is 0 Å². The molecule has 0 aromatic heterocycles. The molecule has 5 heteroatoms. The highest BCUT2D eigenvalue weighted by molar-refractivity contribution is 6.31. The predicted molar refractivity (Wildman–Crippen MR) is 71.5 cm³/mol. The van der Waals surface area contributed by atoms with Gasteiger partial charge in [-0.15, -0.1) is 0 Å². The lowest BCUT2D eigenvalue weighted by Gasteiger charge is -2.24. The van der Waals surface area contributed by atoms with E-state index in [0.29, 0.717) is 31.0 Å². The van der Waals surface area contributed by atoms with Crippen molar-refractivity contribution in [1.82, 2.24) is 9.80 Å². The van der Waals surface area contributed by atoms with Gasteiger partial charge in [-0.1, -0.05) is 23.7 Å². The first-order chi connectivity index (χ1) is 9.08. The number of carbonyl (C=O) groups excluding carboxylic acids is 2. The van der Waals surface area contributed by atoms with Crippen LogP contribution in [-0.2, 0) is 22.7 Å². The lowest BCUT2D eigenvalue weighted by Crippen LogP contribution is -2.43. The first kappa shape index (κ1) is 12.5. The van der Waals surface area contributed by atoms with Crippen molar-refractivity contribution >= 4 is 23.4 Å². The summed E-state index contributed by atoms with van der Waals surface area (Å²) in [6, 6.07) is 5.44. The minimum Gasteiger partial charge on any atom is -0.334 e. The van der Waals surface area contributed by atoms with E-state index >= 15 is 0 Å². The molecule has 1 atom stereocenters. The molecule has 0 saturated carbocycles. The summed E-state index contributed by atoms with van der Waals surface area (Å²) in [6.45, 7) is 1.14. The van der Waals surface area contributed by atoms with Gasteiger partial charge >= 0.3 is 0 Å². The largest absolute Gasteiger partial charge is 0.334 e. The number of rotatable bonds is 1. The molecule has 3 rings (SSSR count). The fourth-order valence-corrected chi connectivity index (χ4v) is 3.09. The normalized spacial score (nSPS) is 22.0. The Morgan fingerprint density at radius 3 is 2.79 bits per heavy atom. The Morgan fingerprint density at radius 2 is 2.16 bits per heavy atom. The highest BCUT2D eigenvalue weighted by Crippen LogP contribution is 2.30. The van der Waals surface area contributed by atoms with Crippen LogP contribution in [-0.4, -0.2) is 34.7 Å². The van der Waals surface area contributed by atoms with Gasteiger partial charge in [-0.25, -0.2) is 0 Å². The van der Waals surface area contributed by atoms with Crippen LogP contribution in [0.15, 0.2) is 18.2 Å². The van der Waals surface area contributed by atoms with Crippen LogP contribution >= 0.6 is 11.6 Å². The fraction of sp³-hybridized carbons (Fsp3) is 0.429. The van der Waals surface area contributed by atoms with Crippen molar-refractivity contribution in [2.24, 2.45) is 0 Å². The molecule has 0 aliphatic carbocycles. The van der Waals surface area contributed by atoms with Gasteiger partial charge in [-0.2, -0.15) is 0 Å². The van der Waals surface area contributed by atoms with Crippen LogP contribution in [0.4, 0.5) is 0 Å². The molecule has 4 nitrogen and oxygen atoms in total. The number of amides is 2. The van der Waals surface area contributed by atoms with E-state index in [1.807, 2.05) is 18.2 Å². The highest BCUT2D eigenvalue weighted by Gasteiger charge is 2.37. The standard InChI is InChI=1S/C14H15ClN2O2/c1-16-12(5-6-13(16)18)14(19)17-7-9-3-2-4-11(15)10(9)8-17/h2-4,12H,5-8H2,1H3. The molecule has 19 heavy (non-hydrogen) atoms. The molecule has 2 heterocycles. The zero-order chi connectivity index (χ0) is 13.6. The Balaban J connectivity index is 1.78. The smallest absolute Gasteiger partial charge is 0.245 e. The molecule has 2 aliphatic heterocycles. The van der Waals surface area contributed by atoms with Crippen molar-refractivity contribution in [1.29, 1.82) is 0 Å². The van der Waals surface area contributed by atoms with Crippen LogP contribution in [0, 0.1) is 0 Å². The van der Waals surface area contributed by atoms with Crippen LogP contribution < -0.4 is 0 Å². The van der Waals surface area contributed by atoms with Crippen LogP contribution in [0.2, 0.25) is 5.02 Å². The van der Waals surface area contributed by atoms with Gasteiger partial charge in [0.25, 0.3) is 0 Å². The number of likely N-dealkylation sites (N-methyl/N-ethyl adjacent to an activating group) is 1. The van der Waals surface area contributed by atoms with E-state index in [1.54, 1.807) is 16.8 Å². The topological polar surface area (TPSA) is 40.6 Å². The molecule has 1 aromatic rings. The van der Waals surface area contributed by atoms with E-state index in [-0.39, 0.29) is 17.9 Å². The van der Waals surface area contributed by atoms with Gasteiger partial charge in [0.1, 0.15) is 6.04 Å². The number of halogens is 1. The first-order valence-electron chi connectivity index (χ1n) is 6.38. The molecule has 0 radical (unpaired) electrons. The summed E-state index contributed by atoms with van der Waals surface area (Å²) in [4.78, 5) is 27.3. The summed E-state index contributed by atoms with van der Waals surface area (Å²) >= 11 is 6.15. The number of fused-ring (bicyclic) bond motifs is 1. The molecule has 1 unspecified atom stereocenters. The molecule has 100 valence electrons. The highest BCUT2D eigenvalue weighted by atomic mass is 35.5. The molecular formula is C14H15ClN2O2. The number of likely N-dealkylation sites (tertiary alicyclic amines) is 1. The number of benzene rings is 1. The third kappa shape index (κ3) is 2.00. The van der Waals surface area contributed by atoms with Crippen LogP contribution in [0.5, 0.6) is 0 Å². The van der Waals surface area contributed by atoms with Crippen molar-refractivity contribution in [2.45, 2.75) is 32.0 Å². The zero-order valence-electron chi connectivity index (χ0n) is 10.7. The van der Waals surface area contributed by atoms with Gasteiger partial charge in [0.05, 0.1) is 0 Å². The Bertz CT molecular complexity index is 558. The molecule has 2 amide bonds. The van der Waals surface area contributed by atoms with Gasteiger partial charge in [0.15, 0.2) is 0 Å². The van der Waals surface area contributed by atoms with Gasteiger partial charge in [-0.3, -0.25) is 9.59 Å². The second-order valence-corrected chi connectivity index (χ2v) is 5.54. The maximum absolute atomic E-state index is 12.5. The molecule has 1 aromatic carbocycles. The number of hydrogen-bond donors (Lipinski definition) is 0. The Kier molecular flexibility index (Phi) is 2.97. The third-order valence-corrected chi connectivity index (χ3v) is 4.37. The summed E-state index contributed by atoms with van der Waals surface area (Å²) in [5.41, 5.74) is 2.14. The lowest BCUT2D eigenvalue weighted by atomic mass is 10.1. The van der Waals surface area contributed by atoms with Gasteiger partial charge < -0.3 is 9.80 Å². The number of nitrogens with zero attached hydrogens (tertiary/aromatic N) is 2. The monoisotopic (exact) mass is 278 g/mol.